The van der Waals surface area contributed by atoms with Crippen LogP contribution in [0.15, 0.2) is 18.3 Å². The Kier molecular flexibility index (Phi) is 4.10. The van der Waals surface area contributed by atoms with Gasteiger partial charge in [0, 0.05) is 24.8 Å². The summed E-state index contributed by atoms with van der Waals surface area (Å²) in [7, 11) is 0. The van der Waals surface area contributed by atoms with E-state index in [9.17, 15) is 4.79 Å². The zero-order valence-electron chi connectivity index (χ0n) is 8.23. The molecule has 1 aromatic rings. The molecule has 0 aliphatic carbocycles. The molecule has 0 saturated carbocycles. The third-order valence-electron chi connectivity index (χ3n) is 1.80. The average Bonchev–Trinajstić information content (AvgIpc) is 2.24. The second kappa shape index (κ2) is 5.60. The van der Waals surface area contributed by atoms with Gasteiger partial charge in [-0.25, -0.2) is 4.98 Å². The molecule has 0 saturated heterocycles. The van der Waals surface area contributed by atoms with E-state index in [0.29, 0.717) is 25.1 Å². The topological polar surface area (TPSA) is 91.8 Å². The van der Waals surface area contributed by atoms with Gasteiger partial charge < -0.3 is 11.1 Å². The maximum absolute atomic E-state index is 10.5. The molecule has 0 fully saturated rings. The summed E-state index contributed by atoms with van der Waals surface area (Å²) in [6, 6.07) is 5.38. The quantitative estimate of drug-likeness (QED) is 0.688. The van der Waals surface area contributed by atoms with Crippen LogP contribution in [0.5, 0.6) is 0 Å². The van der Waals surface area contributed by atoms with E-state index in [2.05, 4.69) is 10.3 Å². The highest BCUT2D eigenvalue weighted by Crippen LogP contribution is 2.07. The molecule has 0 unspecified atom stereocenters. The fraction of sp³-hybridized carbons (Fsp3) is 0.300. The van der Waals surface area contributed by atoms with Gasteiger partial charge in [0.25, 0.3) is 0 Å². The third kappa shape index (κ3) is 4.09. The largest absolute Gasteiger partial charge is 0.385 e. The lowest BCUT2D eigenvalue weighted by Gasteiger charge is -2.04. The normalized spacial score (nSPS) is 9.27. The standard InChI is InChI=1S/C10H12N4O/c11-7-9-6-8(3-5-14-9)13-4-1-2-10(12)15/h3,5-6H,1-2,4H2,(H2,12,15)(H,13,14). The Labute approximate surface area is 87.9 Å². The van der Waals surface area contributed by atoms with Gasteiger partial charge in [-0.15, -0.1) is 0 Å². The Morgan fingerprint density at radius 2 is 2.47 bits per heavy atom. The van der Waals surface area contributed by atoms with Crippen LogP contribution < -0.4 is 11.1 Å². The van der Waals surface area contributed by atoms with Crippen LogP contribution >= 0.6 is 0 Å². The van der Waals surface area contributed by atoms with Gasteiger partial charge >= 0.3 is 0 Å². The number of pyridine rings is 1. The zero-order valence-corrected chi connectivity index (χ0v) is 8.23. The number of hydrogen-bond donors (Lipinski definition) is 2. The maximum Gasteiger partial charge on any atom is 0.217 e. The molecule has 1 heterocycles. The van der Waals surface area contributed by atoms with Crippen molar-refractivity contribution < 1.29 is 4.79 Å². The highest BCUT2D eigenvalue weighted by atomic mass is 16.1. The van der Waals surface area contributed by atoms with Crippen LogP contribution in [0.3, 0.4) is 0 Å². The van der Waals surface area contributed by atoms with Crippen molar-refractivity contribution in [2.45, 2.75) is 12.8 Å². The van der Waals surface area contributed by atoms with Gasteiger partial charge in [-0.2, -0.15) is 5.26 Å². The number of anilines is 1. The van der Waals surface area contributed by atoms with Crippen molar-refractivity contribution in [3.8, 4) is 6.07 Å². The molecular formula is C10H12N4O. The van der Waals surface area contributed by atoms with E-state index < -0.39 is 0 Å². The summed E-state index contributed by atoms with van der Waals surface area (Å²) in [6.07, 6.45) is 2.61. The van der Waals surface area contributed by atoms with Gasteiger partial charge in [-0.3, -0.25) is 4.79 Å². The number of nitrogens with two attached hydrogens (primary N) is 1. The molecule has 1 amide bonds. The molecule has 1 rings (SSSR count). The second-order valence-electron chi connectivity index (χ2n) is 3.04. The van der Waals surface area contributed by atoms with Gasteiger partial charge in [-0.05, 0) is 18.6 Å². The monoisotopic (exact) mass is 204 g/mol. The van der Waals surface area contributed by atoms with Gasteiger partial charge in [0.05, 0.1) is 0 Å². The van der Waals surface area contributed by atoms with Crippen molar-refractivity contribution >= 4 is 11.6 Å². The molecule has 5 heteroatoms. The molecule has 0 bridgehead atoms. The zero-order chi connectivity index (χ0) is 11.1. The first-order valence-corrected chi connectivity index (χ1v) is 4.60. The van der Waals surface area contributed by atoms with Crippen molar-refractivity contribution in [3.05, 3.63) is 24.0 Å². The Bertz CT molecular complexity index is 383. The van der Waals surface area contributed by atoms with Crippen LogP contribution in [-0.2, 0) is 4.79 Å². The van der Waals surface area contributed by atoms with Crippen molar-refractivity contribution in [2.24, 2.45) is 5.73 Å². The summed E-state index contributed by atoms with van der Waals surface area (Å²) >= 11 is 0. The summed E-state index contributed by atoms with van der Waals surface area (Å²) in [5.74, 6) is -0.302. The van der Waals surface area contributed by atoms with E-state index in [1.165, 1.54) is 0 Å². The minimum Gasteiger partial charge on any atom is -0.385 e. The van der Waals surface area contributed by atoms with Crippen LogP contribution in [0.1, 0.15) is 18.5 Å². The molecule has 0 atom stereocenters. The Morgan fingerprint density at radius 1 is 1.67 bits per heavy atom. The fourth-order valence-electron chi connectivity index (χ4n) is 1.10. The van der Waals surface area contributed by atoms with Crippen LogP contribution in [0.25, 0.3) is 0 Å². The first-order valence-electron chi connectivity index (χ1n) is 4.60. The van der Waals surface area contributed by atoms with Crippen molar-refractivity contribution in [2.75, 3.05) is 11.9 Å². The number of nitrogens with zero attached hydrogens (tertiary/aromatic N) is 2. The van der Waals surface area contributed by atoms with E-state index in [-0.39, 0.29) is 5.91 Å². The highest BCUT2D eigenvalue weighted by molar-refractivity contribution is 5.73. The van der Waals surface area contributed by atoms with Gasteiger partial charge in [0.1, 0.15) is 11.8 Å². The number of nitrogens with one attached hydrogen (secondary N) is 1. The molecule has 3 N–H and O–H groups in total. The lowest BCUT2D eigenvalue weighted by atomic mass is 10.3. The molecule has 78 valence electrons. The van der Waals surface area contributed by atoms with Crippen molar-refractivity contribution in [1.29, 1.82) is 5.26 Å². The lowest BCUT2D eigenvalue weighted by molar-refractivity contribution is -0.118. The molecule has 0 radical (unpaired) electrons. The van der Waals surface area contributed by atoms with Crippen LogP contribution in [0, 0.1) is 11.3 Å². The average molecular weight is 204 g/mol. The molecule has 0 aliphatic rings. The van der Waals surface area contributed by atoms with E-state index in [1.54, 1.807) is 18.3 Å². The number of hydrogen-bond acceptors (Lipinski definition) is 4. The molecule has 1 aromatic heterocycles. The van der Waals surface area contributed by atoms with E-state index in [0.717, 1.165) is 5.69 Å². The lowest BCUT2D eigenvalue weighted by Crippen LogP contribution is -2.12. The number of nitriles is 1. The van der Waals surface area contributed by atoms with E-state index in [4.69, 9.17) is 11.0 Å². The molecule has 0 aromatic carbocycles. The fourth-order valence-corrected chi connectivity index (χ4v) is 1.10. The van der Waals surface area contributed by atoms with Gasteiger partial charge in [-0.1, -0.05) is 0 Å². The van der Waals surface area contributed by atoms with Crippen molar-refractivity contribution in [3.63, 3.8) is 0 Å². The van der Waals surface area contributed by atoms with E-state index in [1.807, 2.05) is 6.07 Å². The number of amides is 1. The van der Waals surface area contributed by atoms with Crippen LogP contribution in [-0.4, -0.2) is 17.4 Å². The number of carbonyl (C=O) groups is 1. The predicted octanol–water partition coefficient (Wildman–Crippen LogP) is 0.631. The minimum atomic E-state index is -0.302. The number of rotatable bonds is 5. The summed E-state index contributed by atoms with van der Waals surface area (Å²) in [5, 5.41) is 11.7. The summed E-state index contributed by atoms with van der Waals surface area (Å²) in [4.78, 5) is 14.3. The second-order valence-corrected chi connectivity index (χ2v) is 3.04. The molecule has 15 heavy (non-hydrogen) atoms. The number of carbonyl (C=O) groups excluding carboxylic acids is 1. The Hall–Kier alpha value is -2.09. The SMILES string of the molecule is N#Cc1cc(NCCCC(N)=O)ccn1. The van der Waals surface area contributed by atoms with Crippen LogP contribution in [0.2, 0.25) is 0 Å². The molecular weight excluding hydrogens is 192 g/mol. The predicted molar refractivity (Wildman–Crippen MR) is 55.9 cm³/mol. The maximum atomic E-state index is 10.5. The number of aromatic nitrogens is 1. The smallest absolute Gasteiger partial charge is 0.217 e. The molecule has 5 nitrogen and oxygen atoms in total. The highest BCUT2D eigenvalue weighted by Gasteiger charge is 1.96. The third-order valence-corrected chi connectivity index (χ3v) is 1.80. The van der Waals surface area contributed by atoms with E-state index >= 15 is 0 Å². The Morgan fingerprint density at radius 3 is 3.13 bits per heavy atom. The first-order chi connectivity index (χ1) is 7.22. The van der Waals surface area contributed by atoms with Gasteiger partial charge in [0.2, 0.25) is 5.91 Å². The Balaban J connectivity index is 2.38. The number of primary amides is 1. The first kappa shape index (κ1) is 11.0. The summed E-state index contributed by atoms with van der Waals surface area (Å²) in [6.45, 7) is 0.651. The summed E-state index contributed by atoms with van der Waals surface area (Å²) < 4.78 is 0. The summed E-state index contributed by atoms with van der Waals surface area (Å²) in [5.41, 5.74) is 6.19. The van der Waals surface area contributed by atoms with Crippen LogP contribution in [0.4, 0.5) is 5.69 Å². The van der Waals surface area contributed by atoms with Gasteiger partial charge in [0.15, 0.2) is 0 Å². The van der Waals surface area contributed by atoms with Crippen molar-refractivity contribution in [1.82, 2.24) is 4.98 Å². The molecule has 0 spiro atoms. The minimum absolute atomic E-state index is 0.302. The molecule has 0 aliphatic heterocycles.